The van der Waals surface area contributed by atoms with Crippen LogP contribution in [0.1, 0.15) is 16.7 Å². The summed E-state index contributed by atoms with van der Waals surface area (Å²) in [6.45, 7) is 5.56. The Labute approximate surface area is 166 Å². The van der Waals surface area contributed by atoms with Crippen LogP contribution in [-0.2, 0) is 14.8 Å². The molecule has 28 heavy (non-hydrogen) atoms. The third-order valence-electron chi connectivity index (χ3n) is 4.66. The van der Waals surface area contributed by atoms with E-state index >= 15 is 0 Å². The van der Waals surface area contributed by atoms with Gasteiger partial charge in [0.1, 0.15) is 6.54 Å². The topological polar surface area (TPSA) is 66.5 Å². The molecule has 3 aromatic rings. The Kier molecular flexibility index (Phi) is 5.42. The SMILES string of the molecule is Cc1cc(C)c(NC(=O)CN(c2cccc3ccccc23)S(C)(=O)=O)c(C)c1. The van der Waals surface area contributed by atoms with Gasteiger partial charge in [0.25, 0.3) is 0 Å². The second kappa shape index (κ2) is 7.64. The van der Waals surface area contributed by atoms with Crippen molar-refractivity contribution in [1.82, 2.24) is 0 Å². The van der Waals surface area contributed by atoms with Gasteiger partial charge in [-0.1, -0.05) is 54.1 Å². The van der Waals surface area contributed by atoms with E-state index < -0.39 is 10.0 Å². The number of nitrogens with one attached hydrogen (secondary N) is 1. The molecule has 6 heteroatoms. The molecule has 0 spiro atoms. The number of aryl methyl sites for hydroxylation is 3. The molecule has 0 bridgehead atoms. The van der Waals surface area contributed by atoms with Crippen molar-refractivity contribution >= 4 is 38.1 Å². The van der Waals surface area contributed by atoms with E-state index in [9.17, 15) is 13.2 Å². The molecule has 0 saturated heterocycles. The fraction of sp³-hybridized carbons (Fsp3) is 0.227. The van der Waals surface area contributed by atoms with Gasteiger partial charge in [0.15, 0.2) is 0 Å². The first-order valence-electron chi connectivity index (χ1n) is 9.00. The van der Waals surface area contributed by atoms with Crippen LogP contribution in [0.2, 0.25) is 0 Å². The highest BCUT2D eigenvalue weighted by atomic mass is 32.2. The van der Waals surface area contributed by atoms with E-state index in [0.717, 1.165) is 43.7 Å². The van der Waals surface area contributed by atoms with Crippen molar-refractivity contribution in [2.24, 2.45) is 0 Å². The number of anilines is 2. The molecule has 0 aliphatic heterocycles. The summed E-state index contributed by atoms with van der Waals surface area (Å²) < 4.78 is 26.1. The first-order valence-corrected chi connectivity index (χ1v) is 10.8. The molecule has 0 saturated carbocycles. The maximum atomic E-state index is 12.8. The molecule has 0 heterocycles. The fourth-order valence-electron chi connectivity index (χ4n) is 3.49. The zero-order chi connectivity index (χ0) is 20.5. The van der Waals surface area contributed by atoms with Gasteiger partial charge in [0.05, 0.1) is 11.9 Å². The Morgan fingerprint density at radius 3 is 2.21 bits per heavy atom. The van der Waals surface area contributed by atoms with Crippen molar-refractivity contribution in [3.63, 3.8) is 0 Å². The van der Waals surface area contributed by atoms with Crippen molar-refractivity contribution in [3.05, 3.63) is 71.3 Å². The lowest BCUT2D eigenvalue weighted by atomic mass is 10.1. The molecule has 0 atom stereocenters. The van der Waals surface area contributed by atoms with Gasteiger partial charge in [-0.05, 0) is 43.4 Å². The molecule has 146 valence electrons. The first kappa shape index (κ1) is 19.9. The summed E-state index contributed by atoms with van der Waals surface area (Å²) in [7, 11) is -3.65. The molecule has 5 nitrogen and oxygen atoms in total. The van der Waals surface area contributed by atoms with Crippen LogP contribution in [0, 0.1) is 20.8 Å². The number of nitrogens with zero attached hydrogens (tertiary/aromatic N) is 1. The van der Waals surface area contributed by atoms with E-state index in [4.69, 9.17) is 0 Å². The second-order valence-corrected chi connectivity index (χ2v) is 9.00. The molecule has 1 amide bonds. The van der Waals surface area contributed by atoms with E-state index in [1.165, 1.54) is 0 Å². The van der Waals surface area contributed by atoms with Crippen LogP contribution in [0.5, 0.6) is 0 Å². The first-order chi connectivity index (χ1) is 13.2. The number of benzene rings is 3. The highest BCUT2D eigenvalue weighted by Gasteiger charge is 2.23. The summed E-state index contributed by atoms with van der Waals surface area (Å²) in [5.41, 5.74) is 4.22. The normalized spacial score (nSPS) is 11.4. The van der Waals surface area contributed by atoms with Gasteiger partial charge in [-0.3, -0.25) is 9.10 Å². The lowest BCUT2D eigenvalue weighted by Crippen LogP contribution is -2.37. The van der Waals surface area contributed by atoms with Gasteiger partial charge < -0.3 is 5.32 Å². The van der Waals surface area contributed by atoms with Gasteiger partial charge >= 0.3 is 0 Å². The highest BCUT2D eigenvalue weighted by molar-refractivity contribution is 7.92. The lowest BCUT2D eigenvalue weighted by molar-refractivity contribution is -0.114. The summed E-state index contributed by atoms with van der Waals surface area (Å²) in [6.07, 6.45) is 1.12. The quantitative estimate of drug-likeness (QED) is 0.704. The zero-order valence-electron chi connectivity index (χ0n) is 16.5. The predicted octanol–water partition coefficient (Wildman–Crippen LogP) is 4.17. The van der Waals surface area contributed by atoms with E-state index in [-0.39, 0.29) is 12.5 Å². The molecule has 0 fully saturated rings. The molecular formula is C22H24N2O3S. The molecule has 3 rings (SSSR count). The lowest BCUT2D eigenvalue weighted by Gasteiger charge is -2.24. The van der Waals surface area contributed by atoms with Crippen LogP contribution in [0.4, 0.5) is 11.4 Å². The smallest absolute Gasteiger partial charge is 0.245 e. The average molecular weight is 397 g/mol. The number of amides is 1. The van der Waals surface area contributed by atoms with Crippen molar-refractivity contribution < 1.29 is 13.2 Å². The number of hydrogen-bond donors (Lipinski definition) is 1. The number of rotatable bonds is 5. The summed E-state index contributed by atoms with van der Waals surface area (Å²) in [5, 5.41) is 4.58. The molecule has 0 aliphatic carbocycles. The fourth-order valence-corrected chi connectivity index (χ4v) is 4.36. The summed E-state index contributed by atoms with van der Waals surface area (Å²) in [4.78, 5) is 12.8. The van der Waals surface area contributed by atoms with Crippen LogP contribution in [0.15, 0.2) is 54.6 Å². The minimum atomic E-state index is -3.65. The minimum absolute atomic E-state index is 0.292. The van der Waals surface area contributed by atoms with E-state index in [1.54, 1.807) is 12.1 Å². The van der Waals surface area contributed by atoms with Gasteiger partial charge in [-0.25, -0.2) is 8.42 Å². The number of fused-ring (bicyclic) bond motifs is 1. The number of carbonyl (C=O) groups is 1. The maximum Gasteiger partial charge on any atom is 0.245 e. The molecule has 1 N–H and O–H groups in total. The summed E-state index contributed by atoms with van der Waals surface area (Å²) in [5.74, 6) is -0.381. The van der Waals surface area contributed by atoms with Crippen LogP contribution >= 0.6 is 0 Å². The van der Waals surface area contributed by atoms with Crippen molar-refractivity contribution in [1.29, 1.82) is 0 Å². The van der Waals surface area contributed by atoms with Gasteiger partial charge in [0.2, 0.25) is 15.9 Å². The number of sulfonamides is 1. The van der Waals surface area contributed by atoms with Crippen LogP contribution < -0.4 is 9.62 Å². The van der Waals surface area contributed by atoms with Gasteiger partial charge in [-0.2, -0.15) is 0 Å². The van der Waals surface area contributed by atoms with Crippen LogP contribution in [0.25, 0.3) is 10.8 Å². The van der Waals surface area contributed by atoms with E-state index in [2.05, 4.69) is 5.32 Å². The summed E-state index contributed by atoms with van der Waals surface area (Å²) >= 11 is 0. The second-order valence-electron chi connectivity index (χ2n) is 7.09. The zero-order valence-corrected chi connectivity index (χ0v) is 17.3. The average Bonchev–Trinajstić information content (AvgIpc) is 2.61. The molecule has 3 aromatic carbocycles. The Hall–Kier alpha value is -2.86. The van der Waals surface area contributed by atoms with E-state index in [0.29, 0.717) is 5.69 Å². The summed E-state index contributed by atoms with van der Waals surface area (Å²) in [6, 6.07) is 16.9. The Bertz CT molecular complexity index is 1130. The molecule has 0 unspecified atom stereocenters. The standard InChI is InChI=1S/C22H24N2O3S/c1-15-12-16(2)22(17(3)13-15)23-21(25)14-24(28(4,26)27)20-11-7-9-18-8-5-6-10-19(18)20/h5-13H,14H2,1-4H3,(H,23,25). The van der Waals surface area contributed by atoms with E-state index in [1.807, 2.05) is 63.2 Å². The monoisotopic (exact) mass is 396 g/mol. The largest absolute Gasteiger partial charge is 0.324 e. The third kappa shape index (κ3) is 4.17. The van der Waals surface area contributed by atoms with Gasteiger partial charge in [-0.15, -0.1) is 0 Å². The van der Waals surface area contributed by atoms with Crippen molar-refractivity contribution in [3.8, 4) is 0 Å². The Balaban J connectivity index is 1.95. The highest BCUT2D eigenvalue weighted by Crippen LogP contribution is 2.28. The van der Waals surface area contributed by atoms with Crippen LogP contribution in [0.3, 0.4) is 0 Å². The van der Waals surface area contributed by atoms with Crippen LogP contribution in [-0.4, -0.2) is 27.1 Å². The van der Waals surface area contributed by atoms with Gasteiger partial charge in [0, 0.05) is 11.1 Å². The minimum Gasteiger partial charge on any atom is -0.324 e. The number of hydrogen-bond acceptors (Lipinski definition) is 3. The molecule has 0 radical (unpaired) electrons. The molecular weight excluding hydrogens is 372 g/mol. The Morgan fingerprint density at radius 1 is 0.964 bits per heavy atom. The Morgan fingerprint density at radius 2 is 1.57 bits per heavy atom. The van der Waals surface area contributed by atoms with Crippen molar-refractivity contribution in [2.45, 2.75) is 20.8 Å². The molecule has 0 aromatic heterocycles. The predicted molar refractivity (Wildman–Crippen MR) is 115 cm³/mol. The maximum absolute atomic E-state index is 12.8. The number of carbonyl (C=O) groups excluding carboxylic acids is 1. The molecule has 0 aliphatic rings. The van der Waals surface area contributed by atoms with Crippen molar-refractivity contribution in [2.75, 3.05) is 22.4 Å². The third-order valence-corrected chi connectivity index (χ3v) is 5.79.